The largest absolute Gasteiger partial charge is 0.481 e. The van der Waals surface area contributed by atoms with Gasteiger partial charge in [0.1, 0.15) is 0 Å². The van der Waals surface area contributed by atoms with Crippen LogP contribution in [0.25, 0.3) is 0 Å². The Hall–Kier alpha value is -0.520. The van der Waals surface area contributed by atoms with E-state index < -0.39 is 21.2 Å². The minimum atomic E-state index is -5.14. The topological polar surface area (TPSA) is 113 Å². The fourth-order valence-corrected chi connectivity index (χ4v) is 3.80. The summed E-state index contributed by atoms with van der Waals surface area (Å²) in [4.78, 5) is 26.7. The summed E-state index contributed by atoms with van der Waals surface area (Å²) in [5.41, 5.74) is 1.19. The Morgan fingerprint density at radius 3 is 2.17 bits per heavy atom. The zero-order valence-electron chi connectivity index (χ0n) is 14.6. The lowest BCUT2D eigenvalue weighted by molar-refractivity contribution is 0.0803. The van der Waals surface area contributed by atoms with E-state index in [4.69, 9.17) is 14.3 Å². The summed E-state index contributed by atoms with van der Waals surface area (Å²) in [7, 11) is -10.0. The lowest BCUT2D eigenvalue weighted by atomic mass is 9.99. The molecule has 0 amide bonds. The van der Waals surface area contributed by atoms with E-state index in [2.05, 4.69) is 17.0 Å². The van der Waals surface area contributed by atoms with Gasteiger partial charge in [-0.25, -0.2) is 9.13 Å². The van der Waals surface area contributed by atoms with E-state index in [0.29, 0.717) is 12.8 Å². The molecule has 0 aliphatic rings. The quantitative estimate of drug-likeness (QED) is 0.353. The third-order valence-electron chi connectivity index (χ3n) is 3.19. The molecule has 0 bridgehead atoms. The fourth-order valence-electron chi connectivity index (χ4n) is 1.90. The van der Waals surface area contributed by atoms with E-state index in [1.54, 1.807) is 0 Å². The van der Waals surface area contributed by atoms with Gasteiger partial charge in [-0.3, -0.25) is 4.52 Å². The normalized spacial score (nSPS) is 17.7. The highest BCUT2D eigenvalue weighted by Crippen LogP contribution is 2.59. The molecule has 1 unspecified atom stereocenters. The smallest absolute Gasteiger partial charge is 0.302 e. The van der Waals surface area contributed by atoms with Gasteiger partial charge in [0.05, 0.1) is 5.60 Å². The van der Waals surface area contributed by atoms with Gasteiger partial charge in [-0.1, -0.05) is 29.4 Å². The van der Waals surface area contributed by atoms with E-state index in [1.807, 2.05) is 26.8 Å². The molecule has 3 N–H and O–H groups in total. The molecule has 0 fully saturated rings. The van der Waals surface area contributed by atoms with Gasteiger partial charge in [0.2, 0.25) is 0 Å². The van der Waals surface area contributed by atoms with E-state index in [1.165, 1.54) is 24.1 Å². The Morgan fingerprint density at radius 1 is 1.12 bits per heavy atom. The van der Waals surface area contributed by atoms with Gasteiger partial charge in [0, 0.05) is 0 Å². The summed E-state index contributed by atoms with van der Waals surface area (Å²) in [6.07, 6.45) is 8.18. The van der Waals surface area contributed by atoms with E-state index >= 15 is 0 Å². The zero-order chi connectivity index (χ0) is 19.0. The van der Waals surface area contributed by atoms with Crippen molar-refractivity contribution in [2.75, 3.05) is 0 Å². The van der Waals surface area contributed by atoms with Crippen molar-refractivity contribution >= 4 is 15.6 Å². The first-order valence-corrected chi connectivity index (χ1v) is 10.5. The van der Waals surface area contributed by atoms with Crippen molar-refractivity contribution in [1.29, 1.82) is 0 Å². The molecule has 0 heterocycles. The SMILES string of the molecule is C=C[C@@](C)(CC/C=C(/C)CCC=C(C)C)OP(=O)(O)OP(=O)(O)O. The highest BCUT2D eigenvalue weighted by Gasteiger charge is 2.38. The highest BCUT2D eigenvalue weighted by atomic mass is 31.3. The van der Waals surface area contributed by atoms with Gasteiger partial charge in [0.25, 0.3) is 0 Å². The van der Waals surface area contributed by atoms with Crippen molar-refractivity contribution in [3.63, 3.8) is 0 Å². The van der Waals surface area contributed by atoms with Gasteiger partial charge in [-0.05, 0) is 53.4 Å². The second-order valence-electron chi connectivity index (χ2n) is 6.06. The third kappa shape index (κ3) is 11.9. The maximum absolute atomic E-state index is 11.7. The summed E-state index contributed by atoms with van der Waals surface area (Å²) < 4.78 is 31.0. The Bertz CT molecular complexity index is 572. The second kappa shape index (κ2) is 9.83. The molecule has 0 aromatic carbocycles. The van der Waals surface area contributed by atoms with Gasteiger partial charge in [-0.2, -0.15) is 4.31 Å². The second-order valence-corrected chi connectivity index (χ2v) is 8.81. The van der Waals surface area contributed by atoms with Gasteiger partial charge >= 0.3 is 15.6 Å². The fraction of sp³-hybridized carbons (Fsp3) is 0.600. The van der Waals surface area contributed by atoms with Crippen molar-refractivity contribution in [1.82, 2.24) is 0 Å². The minimum absolute atomic E-state index is 0.311. The van der Waals surface area contributed by atoms with Crippen LogP contribution in [0.2, 0.25) is 0 Å². The van der Waals surface area contributed by atoms with Crippen molar-refractivity contribution in [2.24, 2.45) is 0 Å². The average molecular weight is 382 g/mol. The Balaban J connectivity index is 4.68. The number of phosphoric ester groups is 1. The van der Waals surface area contributed by atoms with Crippen LogP contribution in [0.1, 0.15) is 53.4 Å². The Morgan fingerprint density at radius 2 is 1.71 bits per heavy atom. The van der Waals surface area contributed by atoms with Crippen LogP contribution in [-0.2, 0) is 18.0 Å². The van der Waals surface area contributed by atoms with E-state index in [9.17, 15) is 14.0 Å². The first-order valence-electron chi connectivity index (χ1n) is 7.51. The predicted octanol–water partition coefficient (Wildman–Crippen LogP) is 4.63. The maximum atomic E-state index is 11.7. The third-order valence-corrected chi connectivity index (χ3v) is 5.51. The average Bonchev–Trinajstić information content (AvgIpc) is 2.34. The van der Waals surface area contributed by atoms with Crippen LogP contribution >= 0.6 is 15.6 Å². The lowest BCUT2D eigenvalue weighted by Gasteiger charge is -2.27. The Labute approximate surface area is 143 Å². The summed E-state index contributed by atoms with van der Waals surface area (Å²) in [6.45, 7) is 11.1. The molecule has 7 nitrogen and oxygen atoms in total. The van der Waals surface area contributed by atoms with Crippen molar-refractivity contribution in [2.45, 2.75) is 59.0 Å². The standard InChI is InChI=1S/C15H28O7P2/c1-6-15(5,21-24(19,20)22-23(16,17)18)12-8-11-14(4)10-7-9-13(2)3/h6,9,11H,1,7-8,10,12H2,2-5H3,(H,19,20)(H2,16,17,18)/b14-11-/t15-/m0/s1. The van der Waals surface area contributed by atoms with Crippen LogP contribution in [-0.4, -0.2) is 20.3 Å². The van der Waals surface area contributed by atoms with E-state index in [-0.39, 0.29) is 0 Å². The van der Waals surface area contributed by atoms with Gasteiger partial charge in [0.15, 0.2) is 0 Å². The number of hydrogen-bond acceptors (Lipinski definition) is 4. The molecular weight excluding hydrogens is 354 g/mol. The van der Waals surface area contributed by atoms with Crippen LogP contribution < -0.4 is 0 Å². The molecule has 0 radical (unpaired) electrons. The molecule has 0 saturated heterocycles. The summed E-state index contributed by atoms with van der Waals surface area (Å²) >= 11 is 0. The molecule has 0 aliphatic heterocycles. The number of allylic oxidation sites excluding steroid dienone is 4. The lowest BCUT2D eigenvalue weighted by Crippen LogP contribution is -2.24. The molecule has 0 aliphatic carbocycles. The molecule has 24 heavy (non-hydrogen) atoms. The maximum Gasteiger partial charge on any atom is 0.481 e. The van der Waals surface area contributed by atoms with Gasteiger partial charge < -0.3 is 14.7 Å². The predicted molar refractivity (Wildman–Crippen MR) is 94.3 cm³/mol. The van der Waals surface area contributed by atoms with Crippen LogP contribution in [0.5, 0.6) is 0 Å². The highest BCUT2D eigenvalue weighted by molar-refractivity contribution is 7.60. The van der Waals surface area contributed by atoms with Crippen LogP contribution in [0.15, 0.2) is 36.0 Å². The molecule has 0 aromatic rings. The van der Waals surface area contributed by atoms with E-state index in [0.717, 1.165) is 12.8 Å². The molecule has 0 saturated carbocycles. The molecule has 140 valence electrons. The molecule has 0 aromatic heterocycles. The van der Waals surface area contributed by atoms with Crippen molar-refractivity contribution in [3.8, 4) is 0 Å². The first-order chi connectivity index (χ1) is 10.8. The van der Waals surface area contributed by atoms with Crippen LogP contribution in [0, 0.1) is 0 Å². The Kier molecular flexibility index (Phi) is 9.62. The van der Waals surface area contributed by atoms with Crippen LogP contribution in [0.3, 0.4) is 0 Å². The summed E-state index contributed by atoms with van der Waals surface area (Å²) in [5.74, 6) is 0. The number of phosphoric acid groups is 2. The number of rotatable bonds is 11. The molecule has 0 rings (SSSR count). The minimum Gasteiger partial charge on any atom is -0.302 e. The number of hydrogen-bond donors (Lipinski definition) is 3. The monoisotopic (exact) mass is 382 g/mol. The zero-order valence-corrected chi connectivity index (χ0v) is 16.4. The van der Waals surface area contributed by atoms with Crippen molar-refractivity contribution < 1.29 is 32.6 Å². The van der Waals surface area contributed by atoms with Gasteiger partial charge in [-0.15, -0.1) is 6.58 Å². The van der Waals surface area contributed by atoms with Crippen LogP contribution in [0.4, 0.5) is 0 Å². The first kappa shape index (κ1) is 23.5. The molecule has 0 spiro atoms. The molecule has 9 heteroatoms. The summed E-state index contributed by atoms with van der Waals surface area (Å²) in [6, 6.07) is 0. The molecule has 2 atom stereocenters. The van der Waals surface area contributed by atoms with Crippen molar-refractivity contribution in [3.05, 3.63) is 36.0 Å². The summed E-state index contributed by atoms with van der Waals surface area (Å²) in [5, 5.41) is 0. The molecular formula is C15H28O7P2.